The molecule has 24 heavy (non-hydrogen) atoms. The highest BCUT2D eigenvalue weighted by molar-refractivity contribution is 5.90. The minimum Gasteiger partial charge on any atom is -0.482 e. The topological polar surface area (TPSA) is 56.5 Å². The number of Topliss-reactive ketones (excluding diaryl/α,β-unsaturated/α-hetero) is 1. The second-order valence-corrected chi connectivity index (χ2v) is 7.01. The summed E-state index contributed by atoms with van der Waals surface area (Å²) in [5, 5.41) is 0.897. The first-order chi connectivity index (χ1) is 11.6. The first-order valence-corrected chi connectivity index (χ1v) is 8.92. The van der Waals surface area contributed by atoms with Crippen LogP contribution in [0.25, 0.3) is 11.0 Å². The van der Waals surface area contributed by atoms with Gasteiger partial charge in [-0.1, -0.05) is 0 Å². The maximum Gasteiger partial charge on any atom is 0.339 e. The highest BCUT2D eigenvalue weighted by Crippen LogP contribution is 2.36. The first kappa shape index (κ1) is 15.4. The lowest BCUT2D eigenvalue weighted by Gasteiger charge is -2.24. The van der Waals surface area contributed by atoms with E-state index in [1.807, 2.05) is 19.1 Å². The quantitative estimate of drug-likeness (QED) is 0.786. The molecule has 4 nitrogen and oxygen atoms in total. The molecule has 0 bridgehead atoms. The Hall–Kier alpha value is -2.10. The maximum absolute atomic E-state index is 12.3. The Morgan fingerprint density at radius 1 is 1.00 bits per heavy atom. The number of benzene rings is 1. The van der Waals surface area contributed by atoms with Gasteiger partial charge in [-0.15, -0.1) is 0 Å². The van der Waals surface area contributed by atoms with Crippen molar-refractivity contribution in [3.8, 4) is 5.75 Å². The number of carbonyl (C=O) groups excluding carboxylic acids is 1. The van der Waals surface area contributed by atoms with Crippen molar-refractivity contribution in [3.63, 3.8) is 0 Å². The van der Waals surface area contributed by atoms with E-state index in [1.54, 1.807) is 0 Å². The number of hydrogen-bond donors (Lipinski definition) is 0. The largest absolute Gasteiger partial charge is 0.482 e. The van der Waals surface area contributed by atoms with E-state index in [9.17, 15) is 9.59 Å². The average Bonchev–Trinajstić information content (AvgIpc) is 2.56. The second-order valence-electron chi connectivity index (χ2n) is 7.01. The van der Waals surface area contributed by atoms with Gasteiger partial charge in [0.05, 0.1) is 5.39 Å². The van der Waals surface area contributed by atoms with Crippen LogP contribution in [0.2, 0.25) is 0 Å². The van der Waals surface area contributed by atoms with E-state index < -0.39 is 0 Å². The van der Waals surface area contributed by atoms with Gasteiger partial charge >= 0.3 is 5.63 Å². The molecule has 0 N–H and O–H groups in total. The fourth-order valence-electron chi connectivity index (χ4n) is 3.99. The minimum absolute atomic E-state index is 0.183. The summed E-state index contributed by atoms with van der Waals surface area (Å²) in [5.74, 6) is 0.884. The molecule has 1 heterocycles. The summed E-state index contributed by atoms with van der Waals surface area (Å²) in [4.78, 5) is 24.4. The van der Waals surface area contributed by atoms with Crippen molar-refractivity contribution in [1.82, 2.24) is 0 Å². The normalized spacial score (nSPS) is 20.9. The molecule has 0 aliphatic heterocycles. The fourth-order valence-corrected chi connectivity index (χ4v) is 3.99. The van der Waals surface area contributed by atoms with Crippen LogP contribution in [0.3, 0.4) is 0 Å². The molecule has 4 heteroatoms. The van der Waals surface area contributed by atoms with Gasteiger partial charge in [0.25, 0.3) is 0 Å². The van der Waals surface area contributed by atoms with Crippen molar-refractivity contribution in [2.45, 2.75) is 64.4 Å². The Bertz CT molecular complexity index is 862. The van der Waals surface area contributed by atoms with E-state index in [-0.39, 0.29) is 17.5 Å². The van der Waals surface area contributed by atoms with E-state index in [4.69, 9.17) is 9.15 Å². The third-order valence-electron chi connectivity index (χ3n) is 5.20. The molecule has 0 radical (unpaired) electrons. The van der Waals surface area contributed by atoms with Gasteiger partial charge in [-0.2, -0.15) is 0 Å². The zero-order valence-electron chi connectivity index (χ0n) is 14.0. The maximum atomic E-state index is 12.3. The molecule has 1 atom stereocenters. The molecule has 2 aliphatic rings. The fraction of sp³-hybridized carbons (Fsp3) is 0.500. The number of carbonyl (C=O) groups is 1. The van der Waals surface area contributed by atoms with Gasteiger partial charge in [-0.3, -0.25) is 4.79 Å². The van der Waals surface area contributed by atoms with Gasteiger partial charge in [-0.25, -0.2) is 4.79 Å². The van der Waals surface area contributed by atoms with E-state index in [1.165, 1.54) is 0 Å². The van der Waals surface area contributed by atoms with Crippen LogP contribution in [-0.2, 0) is 17.6 Å². The summed E-state index contributed by atoms with van der Waals surface area (Å²) in [6, 6.07) is 3.86. The zero-order valence-corrected chi connectivity index (χ0v) is 14.0. The molecule has 4 rings (SSSR count). The molecule has 1 fully saturated rings. The summed E-state index contributed by atoms with van der Waals surface area (Å²) < 4.78 is 11.7. The lowest BCUT2D eigenvalue weighted by Crippen LogP contribution is -2.30. The van der Waals surface area contributed by atoms with Crippen molar-refractivity contribution in [1.29, 1.82) is 0 Å². The summed E-state index contributed by atoms with van der Waals surface area (Å²) >= 11 is 0. The molecular weight excluding hydrogens is 304 g/mol. The Kier molecular flexibility index (Phi) is 3.91. The SMILES string of the molecule is Cc1cc(O[C@@H]2CCCCC2=O)c2c3c(c(=O)oc2c1)CCCC3. The molecule has 2 aliphatic carbocycles. The Morgan fingerprint density at radius 3 is 2.54 bits per heavy atom. The van der Waals surface area contributed by atoms with Gasteiger partial charge in [0.2, 0.25) is 0 Å². The number of rotatable bonds is 2. The molecular formula is C20H22O4. The summed E-state index contributed by atoms with van der Waals surface area (Å²) in [6.45, 7) is 1.95. The van der Waals surface area contributed by atoms with E-state index in [0.29, 0.717) is 17.8 Å². The van der Waals surface area contributed by atoms with Crippen molar-refractivity contribution in [3.05, 3.63) is 39.2 Å². The molecule has 0 saturated heterocycles. The molecule has 2 aromatic rings. The molecule has 126 valence electrons. The van der Waals surface area contributed by atoms with Crippen LogP contribution >= 0.6 is 0 Å². The smallest absolute Gasteiger partial charge is 0.339 e. The van der Waals surface area contributed by atoms with Crippen LogP contribution in [0.5, 0.6) is 5.75 Å². The third kappa shape index (κ3) is 2.64. The van der Waals surface area contributed by atoms with Crippen molar-refractivity contribution in [2.75, 3.05) is 0 Å². The number of fused-ring (bicyclic) bond motifs is 3. The number of hydrogen-bond acceptors (Lipinski definition) is 4. The van der Waals surface area contributed by atoms with E-state index >= 15 is 0 Å². The predicted molar refractivity (Wildman–Crippen MR) is 91.8 cm³/mol. The monoisotopic (exact) mass is 326 g/mol. The van der Waals surface area contributed by atoms with Crippen LogP contribution in [0, 0.1) is 6.92 Å². The third-order valence-corrected chi connectivity index (χ3v) is 5.20. The highest BCUT2D eigenvalue weighted by atomic mass is 16.5. The lowest BCUT2D eigenvalue weighted by molar-refractivity contribution is -0.127. The molecule has 0 spiro atoms. The van der Waals surface area contributed by atoms with Crippen molar-refractivity contribution >= 4 is 16.8 Å². The second kappa shape index (κ2) is 6.08. The van der Waals surface area contributed by atoms with Gasteiger partial charge in [0, 0.05) is 12.0 Å². The summed E-state index contributed by atoms with van der Waals surface area (Å²) in [7, 11) is 0. The van der Waals surface area contributed by atoms with Crippen LogP contribution in [0.1, 0.15) is 55.2 Å². The molecule has 1 aromatic carbocycles. The van der Waals surface area contributed by atoms with Crippen LogP contribution in [0.15, 0.2) is 21.3 Å². The first-order valence-electron chi connectivity index (χ1n) is 8.92. The van der Waals surface area contributed by atoms with Crippen LogP contribution < -0.4 is 10.4 Å². The Morgan fingerprint density at radius 2 is 1.75 bits per heavy atom. The van der Waals surface area contributed by atoms with Gasteiger partial charge in [-0.05, 0) is 75.1 Å². The molecule has 0 unspecified atom stereocenters. The zero-order chi connectivity index (χ0) is 16.7. The number of ether oxygens (including phenoxy) is 1. The van der Waals surface area contributed by atoms with Gasteiger partial charge in [0.15, 0.2) is 11.9 Å². The molecule has 0 amide bonds. The Balaban J connectivity index is 1.87. The Labute approximate surface area is 140 Å². The van der Waals surface area contributed by atoms with E-state index in [0.717, 1.165) is 67.0 Å². The predicted octanol–water partition coefficient (Wildman–Crippen LogP) is 3.87. The highest BCUT2D eigenvalue weighted by Gasteiger charge is 2.27. The van der Waals surface area contributed by atoms with Crippen LogP contribution in [-0.4, -0.2) is 11.9 Å². The van der Waals surface area contributed by atoms with E-state index in [2.05, 4.69) is 0 Å². The average molecular weight is 326 g/mol. The van der Waals surface area contributed by atoms with Crippen molar-refractivity contribution in [2.24, 2.45) is 0 Å². The molecule has 1 aromatic heterocycles. The van der Waals surface area contributed by atoms with Gasteiger partial charge < -0.3 is 9.15 Å². The minimum atomic E-state index is -0.366. The number of aryl methyl sites for hydroxylation is 2. The molecule has 1 saturated carbocycles. The standard InChI is InChI=1S/C20H22O4/c1-12-10-17(23-16-9-5-4-8-15(16)21)19-13-6-2-3-7-14(13)20(22)24-18(19)11-12/h10-11,16H,2-9H2,1H3/t16-/m1/s1. The summed E-state index contributed by atoms with van der Waals surface area (Å²) in [6.07, 6.45) is 6.71. The lowest BCUT2D eigenvalue weighted by atomic mass is 9.90. The summed E-state index contributed by atoms with van der Waals surface area (Å²) in [5.41, 5.74) is 3.18. The van der Waals surface area contributed by atoms with Crippen molar-refractivity contribution < 1.29 is 13.9 Å². The van der Waals surface area contributed by atoms with Gasteiger partial charge in [0.1, 0.15) is 11.3 Å². The number of ketones is 1. The van der Waals surface area contributed by atoms with Crippen LogP contribution in [0.4, 0.5) is 0 Å².